The highest BCUT2D eigenvalue weighted by Gasteiger charge is 2.43. The summed E-state index contributed by atoms with van der Waals surface area (Å²) in [6, 6.07) is 9.05. The van der Waals surface area contributed by atoms with Crippen LogP contribution in [0.1, 0.15) is 25.7 Å². The standard InChI is InChI=1S/C17H27N3O/c1-19(14-5-7-16(21-2)8-6-14)17(13-18)9-11-20-10-3-4-15(20)12-17/h5-8,15H,3-4,9-13,18H2,1-2H3. The number of hydrogen-bond acceptors (Lipinski definition) is 4. The number of ether oxygens (including phenoxy) is 1. The van der Waals surface area contributed by atoms with Crippen LogP contribution in [0.5, 0.6) is 5.75 Å². The maximum atomic E-state index is 6.23. The van der Waals surface area contributed by atoms with Crippen molar-refractivity contribution in [3.8, 4) is 5.75 Å². The Labute approximate surface area is 127 Å². The number of nitrogens with two attached hydrogens (primary N) is 1. The van der Waals surface area contributed by atoms with E-state index in [1.54, 1.807) is 7.11 Å². The first-order chi connectivity index (χ1) is 10.2. The van der Waals surface area contributed by atoms with Crippen LogP contribution in [0.2, 0.25) is 0 Å². The van der Waals surface area contributed by atoms with E-state index in [1.165, 1.54) is 38.0 Å². The molecule has 1 aromatic rings. The van der Waals surface area contributed by atoms with Gasteiger partial charge in [0.2, 0.25) is 0 Å². The second-order valence-electron chi connectivity index (χ2n) is 6.47. The topological polar surface area (TPSA) is 41.7 Å². The van der Waals surface area contributed by atoms with Crippen LogP contribution in [0, 0.1) is 0 Å². The third-order valence-electron chi connectivity index (χ3n) is 5.53. The van der Waals surface area contributed by atoms with Gasteiger partial charge >= 0.3 is 0 Å². The highest BCUT2D eigenvalue weighted by molar-refractivity contribution is 5.51. The van der Waals surface area contributed by atoms with Crippen LogP contribution >= 0.6 is 0 Å². The number of fused-ring (bicyclic) bond motifs is 1. The predicted molar refractivity (Wildman–Crippen MR) is 87.0 cm³/mol. The average Bonchev–Trinajstić information content (AvgIpc) is 3.01. The van der Waals surface area contributed by atoms with E-state index in [4.69, 9.17) is 10.5 Å². The van der Waals surface area contributed by atoms with Gasteiger partial charge in [0.05, 0.1) is 12.6 Å². The minimum absolute atomic E-state index is 0.0973. The smallest absolute Gasteiger partial charge is 0.119 e. The van der Waals surface area contributed by atoms with Gasteiger partial charge in [-0.3, -0.25) is 0 Å². The Morgan fingerprint density at radius 1 is 1.33 bits per heavy atom. The van der Waals surface area contributed by atoms with E-state index in [1.807, 2.05) is 12.1 Å². The third-order valence-corrected chi connectivity index (χ3v) is 5.53. The summed E-state index contributed by atoms with van der Waals surface area (Å²) >= 11 is 0. The largest absolute Gasteiger partial charge is 0.497 e. The van der Waals surface area contributed by atoms with Crippen molar-refractivity contribution in [2.45, 2.75) is 37.3 Å². The molecule has 21 heavy (non-hydrogen) atoms. The molecular weight excluding hydrogens is 262 g/mol. The maximum absolute atomic E-state index is 6.23. The molecule has 0 radical (unpaired) electrons. The molecule has 0 saturated carbocycles. The lowest BCUT2D eigenvalue weighted by atomic mass is 9.81. The Morgan fingerprint density at radius 2 is 2.10 bits per heavy atom. The molecule has 0 spiro atoms. The second-order valence-corrected chi connectivity index (χ2v) is 6.47. The van der Waals surface area contributed by atoms with Crippen molar-refractivity contribution in [1.29, 1.82) is 0 Å². The first kappa shape index (κ1) is 14.7. The number of benzene rings is 1. The molecule has 3 rings (SSSR count). The summed E-state index contributed by atoms with van der Waals surface area (Å²) in [4.78, 5) is 5.05. The maximum Gasteiger partial charge on any atom is 0.119 e. The molecule has 2 atom stereocenters. The molecule has 2 unspecified atom stereocenters. The molecule has 0 aliphatic carbocycles. The Balaban J connectivity index is 1.80. The van der Waals surface area contributed by atoms with Crippen molar-refractivity contribution in [2.75, 3.05) is 38.7 Å². The minimum Gasteiger partial charge on any atom is -0.497 e. The quantitative estimate of drug-likeness (QED) is 0.921. The van der Waals surface area contributed by atoms with Crippen molar-refractivity contribution >= 4 is 5.69 Å². The van der Waals surface area contributed by atoms with Gasteiger partial charge in [0.25, 0.3) is 0 Å². The SMILES string of the molecule is COc1ccc(N(C)C2(CN)CCN3CCCC3C2)cc1. The molecule has 2 aliphatic rings. The number of rotatable bonds is 4. The zero-order valence-corrected chi connectivity index (χ0v) is 13.2. The van der Waals surface area contributed by atoms with Crippen LogP contribution in [0.4, 0.5) is 5.69 Å². The Kier molecular flexibility index (Phi) is 4.09. The van der Waals surface area contributed by atoms with E-state index >= 15 is 0 Å². The lowest BCUT2D eigenvalue weighted by Gasteiger charge is -2.49. The fourth-order valence-electron chi connectivity index (χ4n) is 4.02. The fourth-order valence-corrected chi connectivity index (χ4v) is 4.02. The average molecular weight is 289 g/mol. The molecule has 116 valence electrons. The van der Waals surface area contributed by atoms with Crippen LogP contribution in [-0.4, -0.2) is 50.3 Å². The van der Waals surface area contributed by atoms with E-state index in [0.717, 1.165) is 24.8 Å². The zero-order chi connectivity index (χ0) is 14.9. The number of piperidine rings is 1. The molecule has 4 nitrogen and oxygen atoms in total. The van der Waals surface area contributed by atoms with Crippen molar-refractivity contribution in [3.05, 3.63) is 24.3 Å². The molecule has 2 fully saturated rings. The first-order valence-corrected chi connectivity index (χ1v) is 8.00. The summed E-state index contributed by atoms with van der Waals surface area (Å²) in [5, 5.41) is 0. The number of anilines is 1. The second kappa shape index (κ2) is 5.85. The normalized spacial score (nSPS) is 29.2. The lowest BCUT2D eigenvalue weighted by molar-refractivity contribution is 0.131. The Morgan fingerprint density at radius 3 is 2.76 bits per heavy atom. The van der Waals surface area contributed by atoms with Gasteiger partial charge in [0, 0.05) is 31.9 Å². The van der Waals surface area contributed by atoms with Crippen LogP contribution in [0.3, 0.4) is 0 Å². The molecule has 0 amide bonds. The first-order valence-electron chi connectivity index (χ1n) is 8.00. The summed E-state index contributed by atoms with van der Waals surface area (Å²) in [6.07, 6.45) is 5.02. The number of hydrogen-bond donors (Lipinski definition) is 1. The van der Waals surface area contributed by atoms with Gasteiger partial charge in [-0.05, 0) is 56.5 Å². The molecule has 2 saturated heterocycles. The van der Waals surface area contributed by atoms with Crippen LogP contribution in [-0.2, 0) is 0 Å². The van der Waals surface area contributed by atoms with Gasteiger partial charge in [-0.1, -0.05) is 0 Å². The molecule has 2 N–H and O–H groups in total. The van der Waals surface area contributed by atoms with Crippen molar-refractivity contribution < 1.29 is 4.74 Å². The molecule has 1 aromatic carbocycles. The molecule has 0 bridgehead atoms. The van der Waals surface area contributed by atoms with E-state index in [0.29, 0.717) is 0 Å². The van der Waals surface area contributed by atoms with E-state index < -0.39 is 0 Å². The van der Waals surface area contributed by atoms with E-state index in [-0.39, 0.29) is 5.54 Å². The van der Waals surface area contributed by atoms with E-state index in [2.05, 4.69) is 29.0 Å². The Bertz CT molecular complexity index is 475. The third kappa shape index (κ3) is 2.62. The van der Waals surface area contributed by atoms with Gasteiger partial charge in [-0.15, -0.1) is 0 Å². The van der Waals surface area contributed by atoms with Gasteiger partial charge in [0.1, 0.15) is 5.75 Å². The van der Waals surface area contributed by atoms with Gasteiger partial charge < -0.3 is 20.3 Å². The summed E-state index contributed by atoms with van der Waals surface area (Å²) in [5.74, 6) is 0.902. The zero-order valence-electron chi connectivity index (χ0n) is 13.2. The van der Waals surface area contributed by atoms with Gasteiger partial charge in [-0.25, -0.2) is 0 Å². The van der Waals surface area contributed by atoms with Gasteiger partial charge in [-0.2, -0.15) is 0 Å². The lowest BCUT2D eigenvalue weighted by Crippen LogP contribution is -2.60. The highest BCUT2D eigenvalue weighted by Crippen LogP contribution is 2.38. The van der Waals surface area contributed by atoms with Crippen molar-refractivity contribution in [3.63, 3.8) is 0 Å². The minimum atomic E-state index is 0.0973. The van der Waals surface area contributed by atoms with E-state index in [9.17, 15) is 0 Å². The fraction of sp³-hybridized carbons (Fsp3) is 0.647. The summed E-state index contributed by atoms with van der Waals surface area (Å²) < 4.78 is 5.25. The van der Waals surface area contributed by atoms with Gasteiger partial charge in [0.15, 0.2) is 0 Å². The van der Waals surface area contributed by atoms with Crippen LogP contribution in [0.15, 0.2) is 24.3 Å². The highest BCUT2D eigenvalue weighted by atomic mass is 16.5. The number of nitrogens with zero attached hydrogens (tertiary/aromatic N) is 2. The molecule has 2 heterocycles. The van der Waals surface area contributed by atoms with Crippen LogP contribution < -0.4 is 15.4 Å². The summed E-state index contributed by atoms with van der Waals surface area (Å²) in [6.45, 7) is 3.18. The van der Waals surface area contributed by atoms with Crippen molar-refractivity contribution in [1.82, 2.24) is 4.90 Å². The monoisotopic (exact) mass is 289 g/mol. The molecule has 0 aromatic heterocycles. The Hall–Kier alpha value is -1.26. The predicted octanol–water partition coefficient (Wildman–Crippen LogP) is 2.09. The number of methoxy groups -OCH3 is 1. The molecule has 2 aliphatic heterocycles. The summed E-state index contributed by atoms with van der Waals surface area (Å²) in [5.41, 5.74) is 7.56. The summed E-state index contributed by atoms with van der Waals surface area (Å²) in [7, 11) is 3.90. The molecular formula is C17H27N3O. The molecule has 4 heteroatoms. The number of likely N-dealkylation sites (N-methyl/N-ethyl adjacent to an activating group) is 1. The van der Waals surface area contributed by atoms with Crippen molar-refractivity contribution in [2.24, 2.45) is 5.73 Å². The van der Waals surface area contributed by atoms with Crippen LogP contribution in [0.25, 0.3) is 0 Å².